The number of hydrogen-bond donors (Lipinski definition) is 2. The summed E-state index contributed by atoms with van der Waals surface area (Å²) in [6, 6.07) is 9.99. The van der Waals surface area contributed by atoms with E-state index in [0.717, 1.165) is 18.7 Å². The van der Waals surface area contributed by atoms with E-state index in [1.54, 1.807) is 0 Å². The Kier molecular flexibility index (Phi) is 5.52. The van der Waals surface area contributed by atoms with E-state index in [4.69, 9.17) is 10.5 Å². The van der Waals surface area contributed by atoms with Gasteiger partial charge >= 0.3 is 0 Å². The highest BCUT2D eigenvalue weighted by Crippen LogP contribution is 2.11. The number of morpholine rings is 1. The summed E-state index contributed by atoms with van der Waals surface area (Å²) in [5.74, 6) is 0.0408. The molecule has 1 heterocycles. The summed E-state index contributed by atoms with van der Waals surface area (Å²) >= 11 is 0. The Morgan fingerprint density at radius 2 is 2.25 bits per heavy atom. The fourth-order valence-electron chi connectivity index (χ4n) is 2.38. The van der Waals surface area contributed by atoms with Gasteiger partial charge in [0.25, 0.3) is 0 Å². The minimum absolute atomic E-state index is 0.0232. The predicted molar refractivity (Wildman–Crippen MR) is 78.2 cm³/mol. The highest BCUT2D eigenvalue weighted by molar-refractivity contribution is 5.78. The van der Waals surface area contributed by atoms with Crippen molar-refractivity contribution in [3.8, 4) is 0 Å². The molecule has 1 aliphatic rings. The maximum atomic E-state index is 12.1. The maximum Gasteiger partial charge on any atom is 0.234 e. The zero-order chi connectivity index (χ0) is 14.4. The van der Waals surface area contributed by atoms with E-state index in [9.17, 15) is 4.79 Å². The molecule has 1 aromatic carbocycles. The van der Waals surface area contributed by atoms with Gasteiger partial charge < -0.3 is 15.8 Å². The van der Waals surface area contributed by atoms with Crippen molar-refractivity contribution in [1.29, 1.82) is 0 Å². The van der Waals surface area contributed by atoms with Crippen LogP contribution in [0.4, 0.5) is 0 Å². The molecular weight excluding hydrogens is 254 g/mol. The highest BCUT2D eigenvalue weighted by Gasteiger charge is 2.21. The van der Waals surface area contributed by atoms with Crippen molar-refractivity contribution in [3.05, 3.63) is 35.9 Å². The lowest BCUT2D eigenvalue weighted by Crippen LogP contribution is -2.49. The zero-order valence-electron chi connectivity index (χ0n) is 11.9. The van der Waals surface area contributed by atoms with Gasteiger partial charge in [0.05, 0.1) is 25.3 Å². The molecule has 5 heteroatoms. The molecule has 0 radical (unpaired) electrons. The number of carbonyl (C=O) groups excluding carboxylic acids is 1. The highest BCUT2D eigenvalue weighted by atomic mass is 16.5. The number of nitrogens with zero attached hydrogens (tertiary/aromatic N) is 1. The smallest absolute Gasteiger partial charge is 0.234 e. The zero-order valence-corrected chi connectivity index (χ0v) is 11.9. The van der Waals surface area contributed by atoms with E-state index in [2.05, 4.69) is 10.2 Å². The van der Waals surface area contributed by atoms with E-state index < -0.39 is 0 Å². The van der Waals surface area contributed by atoms with Crippen LogP contribution >= 0.6 is 0 Å². The van der Waals surface area contributed by atoms with Gasteiger partial charge in [-0.2, -0.15) is 0 Å². The number of amides is 1. The first-order valence-corrected chi connectivity index (χ1v) is 7.07. The third kappa shape index (κ3) is 4.30. The number of carbonyl (C=O) groups is 1. The molecule has 0 saturated carbocycles. The number of nitrogens with one attached hydrogen (secondary N) is 1. The topological polar surface area (TPSA) is 67.6 Å². The molecule has 1 aromatic rings. The van der Waals surface area contributed by atoms with Gasteiger partial charge in [0.15, 0.2) is 0 Å². The Bertz CT molecular complexity index is 424. The van der Waals surface area contributed by atoms with E-state index in [-0.39, 0.29) is 18.1 Å². The second-order valence-corrected chi connectivity index (χ2v) is 5.16. The molecule has 1 fully saturated rings. The number of nitrogens with two attached hydrogens (primary N) is 1. The molecule has 2 unspecified atom stereocenters. The van der Waals surface area contributed by atoms with Gasteiger partial charge in [0, 0.05) is 19.6 Å². The molecule has 1 saturated heterocycles. The van der Waals surface area contributed by atoms with Crippen LogP contribution in [0.2, 0.25) is 0 Å². The third-order valence-electron chi connectivity index (χ3n) is 3.53. The Morgan fingerprint density at radius 3 is 2.95 bits per heavy atom. The van der Waals surface area contributed by atoms with Crippen LogP contribution in [0.25, 0.3) is 0 Å². The van der Waals surface area contributed by atoms with Gasteiger partial charge in [-0.1, -0.05) is 30.3 Å². The lowest BCUT2D eigenvalue weighted by molar-refractivity contribution is -0.124. The van der Waals surface area contributed by atoms with Gasteiger partial charge in [0.1, 0.15) is 0 Å². The van der Waals surface area contributed by atoms with Gasteiger partial charge in [-0.05, 0) is 12.5 Å². The van der Waals surface area contributed by atoms with Crippen LogP contribution in [-0.2, 0) is 9.53 Å². The molecule has 3 N–H and O–H groups in total. The molecule has 2 rings (SSSR count). The van der Waals surface area contributed by atoms with Crippen molar-refractivity contribution in [3.63, 3.8) is 0 Å². The van der Waals surface area contributed by atoms with E-state index in [0.29, 0.717) is 19.7 Å². The van der Waals surface area contributed by atoms with Crippen molar-refractivity contribution >= 4 is 5.91 Å². The standard InChI is InChI=1S/C15H23N3O2/c1-12(13-5-3-2-4-6-13)17-15(19)11-18-7-8-20-14(9-16)10-18/h2-6,12,14H,7-11,16H2,1H3,(H,17,19). The molecule has 20 heavy (non-hydrogen) atoms. The fraction of sp³-hybridized carbons (Fsp3) is 0.533. The summed E-state index contributed by atoms with van der Waals surface area (Å²) in [5.41, 5.74) is 6.71. The average Bonchev–Trinajstić information content (AvgIpc) is 2.48. The van der Waals surface area contributed by atoms with Gasteiger partial charge in [-0.3, -0.25) is 9.69 Å². The van der Waals surface area contributed by atoms with Gasteiger partial charge in [-0.15, -0.1) is 0 Å². The summed E-state index contributed by atoms with van der Waals surface area (Å²) in [4.78, 5) is 14.2. The van der Waals surface area contributed by atoms with Crippen molar-refractivity contribution < 1.29 is 9.53 Å². The van der Waals surface area contributed by atoms with Crippen molar-refractivity contribution in [1.82, 2.24) is 10.2 Å². The summed E-state index contributed by atoms with van der Waals surface area (Å²) in [6.45, 7) is 5.04. The van der Waals surface area contributed by atoms with Crippen LogP contribution in [0.5, 0.6) is 0 Å². The summed E-state index contributed by atoms with van der Waals surface area (Å²) in [7, 11) is 0. The second kappa shape index (κ2) is 7.38. The quantitative estimate of drug-likeness (QED) is 0.823. The Labute approximate surface area is 120 Å². The number of rotatable bonds is 5. The average molecular weight is 277 g/mol. The lowest BCUT2D eigenvalue weighted by atomic mass is 10.1. The predicted octanol–water partition coefficient (Wildman–Crippen LogP) is 0.523. The van der Waals surface area contributed by atoms with Crippen LogP contribution in [0.1, 0.15) is 18.5 Å². The minimum atomic E-state index is 0.0232. The summed E-state index contributed by atoms with van der Waals surface area (Å²) < 4.78 is 5.49. The van der Waals surface area contributed by atoms with Crippen molar-refractivity contribution in [2.75, 3.05) is 32.8 Å². The summed E-state index contributed by atoms with van der Waals surface area (Å²) in [6.07, 6.45) is 0.0445. The molecule has 0 spiro atoms. The van der Waals surface area contributed by atoms with E-state index in [1.165, 1.54) is 0 Å². The number of benzene rings is 1. The van der Waals surface area contributed by atoms with E-state index >= 15 is 0 Å². The van der Waals surface area contributed by atoms with Gasteiger partial charge in [0.2, 0.25) is 5.91 Å². The third-order valence-corrected chi connectivity index (χ3v) is 3.53. The molecule has 2 atom stereocenters. The monoisotopic (exact) mass is 277 g/mol. The number of ether oxygens (including phenoxy) is 1. The van der Waals surface area contributed by atoms with Crippen molar-refractivity contribution in [2.24, 2.45) is 5.73 Å². The molecule has 1 aliphatic heterocycles. The van der Waals surface area contributed by atoms with Crippen LogP contribution < -0.4 is 11.1 Å². The molecule has 0 bridgehead atoms. The van der Waals surface area contributed by atoms with Gasteiger partial charge in [-0.25, -0.2) is 0 Å². The Hall–Kier alpha value is -1.43. The SMILES string of the molecule is CC(NC(=O)CN1CCOC(CN)C1)c1ccccc1. The molecule has 0 aromatic heterocycles. The van der Waals surface area contributed by atoms with Crippen LogP contribution in [-0.4, -0.2) is 49.7 Å². The first kappa shape index (κ1) is 15.0. The Balaban J connectivity index is 1.80. The number of hydrogen-bond acceptors (Lipinski definition) is 4. The van der Waals surface area contributed by atoms with Crippen molar-refractivity contribution in [2.45, 2.75) is 19.1 Å². The minimum Gasteiger partial charge on any atom is -0.374 e. The molecular formula is C15H23N3O2. The first-order valence-electron chi connectivity index (χ1n) is 7.07. The summed E-state index contributed by atoms with van der Waals surface area (Å²) in [5, 5.41) is 3.02. The molecule has 110 valence electrons. The molecule has 5 nitrogen and oxygen atoms in total. The normalized spacial score (nSPS) is 21.4. The largest absolute Gasteiger partial charge is 0.374 e. The van der Waals surface area contributed by atoms with Crippen LogP contribution in [0, 0.1) is 0 Å². The molecule has 0 aliphatic carbocycles. The van der Waals surface area contributed by atoms with Crippen LogP contribution in [0.3, 0.4) is 0 Å². The lowest BCUT2D eigenvalue weighted by Gasteiger charge is -2.32. The molecule has 1 amide bonds. The second-order valence-electron chi connectivity index (χ2n) is 5.16. The maximum absolute atomic E-state index is 12.1. The van der Waals surface area contributed by atoms with E-state index in [1.807, 2.05) is 37.3 Å². The fourth-order valence-corrected chi connectivity index (χ4v) is 2.38. The Morgan fingerprint density at radius 1 is 1.50 bits per heavy atom. The van der Waals surface area contributed by atoms with Crippen LogP contribution in [0.15, 0.2) is 30.3 Å². The first-order chi connectivity index (χ1) is 9.69.